The Morgan fingerprint density at radius 2 is 1.28 bits per heavy atom. The van der Waals surface area contributed by atoms with E-state index in [2.05, 4.69) is 118 Å². The van der Waals surface area contributed by atoms with Crippen LogP contribution in [0.3, 0.4) is 0 Å². The lowest BCUT2D eigenvalue weighted by atomic mass is 9.75. The first-order chi connectivity index (χ1) is 18.5. The summed E-state index contributed by atoms with van der Waals surface area (Å²) >= 11 is 0. The summed E-state index contributed by atoms with van der Waals surface area (Å²) < 4.78 is 22.0. The second-order valence-corrected chi connectivity index (χ2v) is 16.2. The molecule has 5 rings (SSSR count). The number of hydrogen-bond donors (Lipinski definition) is 0. The van der Waals surface area contributed by atoms with Gasteiger partial charge in [0.1, 0.15) is 11.5 Å². The van der Waals surface area contributed by atoms with E-state index in [4.69, 9.17) is 4.74 Å². The van der Waals surface area contributed by atoms with Gasteiger partial charge >= 0.3 is 0 Å². The number of para-hydroxylation sites is 2. The number of fused-ring (bicyclic) bond motifs is 2. The Bertz CT molecular complexity index is 1460. The predicted molar refractivity (Wildman–Crippen MR) is 168 cm³/mol. The molecule has 0 aromatic heterocycles. The van der Waals surface area contributed by atoms with Crippen LogP contribution in [-0.4, -0.2) is 20.3 Å². The molecule has 3 nitrogen and oxygen atoms in total. The molecular formula is C34H38NO2PS. The molecule has 1 heterocycles. The van der Waals surface area contributed by atoms with Gasteiger partial charge in [-0.15, -0.1) is 0 Å². The van der Waals surface area contributed by atoms with Crippen molar-refractivity contribution >= 4 is 34.8 Å². The van der Waals surface area contributed by atoms with Crippen molar-refractivity contribution in [2.45, 2.75) is 57.7 Å². The van der Waals surface area contributed by atoms with Gasteiger partial charge in [0.15, 0.2) is 0 Å². The van der Waals surface area contributed by atoms with Gasteiger partial charge in [-0.3, -0.25) is 0 Å². The van der Waals surface area contributed by atoms with Gasteiger partial charge in [-0.05, 0) is 46.2 Å². The van der Waals surface area contributed by atoms with Crippen LogP contribution in [0.5, 0.6) is 11.5 Å². The summed E-state index contributed by atoms with van der Waals surface area (Å²) in [5.41, 5.74) is 3.16. The fraction of sp³-hybridized carbons (Fsp3) is 0.294. The highest BCUT2D eigenvalue weighted by molar-refractivity contribution is 7.84. The van der Waals surface area contributed by atoms with Crippen LogP contribution < -0.4 is 20.7 Å². The third-order valence-electron chi connectivity index (χ3n) is 7.64. The SMILES string of the molecule is C[C@H](c1cccc2c1Oc1c(P(c3ccccc3)c3ccccc3)cccc1C2(C)C)N(C)S(=O)C(C)(C)C. The molecule has 5 heteroatoms. The fourth-order valence-corrected chi connectivity index (χ4v) is 9.05. The topological polar surface area (TPSA) is 29.5 Å². The Kier molecular flexibility index (Phi) is 7.59. The molecule has 0 spiro atoms. The minimum atomic E-state index is -1.16. The molecule has 0 aliphatic carbocycles. The highest BCUT2D eigenvalue weighted by Gasteiger charge is 2.39. The van der Waals surface area contributed by atoms with Crippen LogP contribution >= 0.6 is 7.92 Å². The molecule has 1 aliphatic heterocycles. The van der Waals surface area contributed by atoms with E-state index in [1.54, 1.807) is 0 Å². The second kappa shape index (κ2) is 10.7. The van der Waals surface area contributed by atoms with Gasteiger partial charge in [-0.2, -0.15) is 0 Å². The van der Waals surface area contributed by atoms with Crippen LogP contribution in [0.1, 0.15) is 64.3 Å². The molecule has 0 saturated heterocycles. The fourth-order valence-electron chi connectivity index (χ4n) is 5.39. The zero-order chi connectivity index (χ0) is 27.9. The lowest BCUT2D eigenvalue weighted by Gasteiger charge is -2.39. The van der Waals surface area contributed by atoms with Gasteiger partial charge < -0.3 is 4.74 Å². The van der Waals surface area contributed by atoms with Crippen molar-refractivity contribution < 1.29 is 8.95 Å². The molecule has 0 radical (unpaired) electrons. The van der Waals surface area contributed by atoms with Gasteiger partial charge in [0.05, 0.1) is 15.7 Å². The van der Waals surface area contributed by atoms with Gasteiger partial charge in [0.2, 0.25) is 0 Å². The Balaban J connectivity index is 1.68. The summed E-state index contributed by atoms with van der Waals surface area (Å²) in [6, 6.07) is 34.5. The molecule has 0 saturated carbocycles. The highest BCUT2D eigenvalue weighted by atomic mass is 32.2. The molecular weight excluding hydrogens is 517 g/mol. The normalized spacial score (nSPS) is 15.8. The van der Waals surface area contributed by atoms with Crippen LogP contribution in [0.25, 0.3) is 0 Å². The minimum Gasteiger partial charge on any atom is -0.456 e. The van der Waals surface area contributed by atoms with Gasteiger partial charge in [0.25, 0.3) is 0 Å². The van der Waals surface area contributed by atoms with Crippen LogP contribution in [0.4, 0.5) is 0 Å². The van der Waals surface area contributed by atoms with E-state index >= 15 is 0 Å². The van der Waals surface area contributed by atoms with E-state index in [0.717, 1.165) is 22.6 Å². The van der Waals surface area contributed by atoms with E-state index in [0.29, 0.717) is 0 Å². The Morgan fingerprint density at radius 3 is 1.82 bits per heavy atom. The van der Waals surface area contributed by atoms with Crippen LogP contribution in [0.2, 0.25) is 0 Å². The lowest BCUT2D eigenvalue weighted by molar-refractivity contribution is 0.379. The van der Waals surface area contributed by atoms with Crippen molar-refractivity contribution in [1.82, 2.24) is 4.31 Å². The van der Waals surface area contributed by atoms with Gasteiger partial charge in [-0.25, -0.2) is 8.51 Å². The Labute approximate surface area is 237 Å². The van der Waals surface area contributed by atoms with Crippen molar-refractivity contribution in [2.75, 3.05) is 7.05 Å². The van der Waals surface area contributed by atoms with Gasteiger partial charge in [-0.1, -0.05) is 111 Å². The molecule has 4 aromatic carbocycles. The van der Waals surface area contributed by atoms with E-state index in [-0.39, 0.29) is 16.2 Å². The average molecular weight is 556 g/mol. The summed E-state index contributed by atoms with van der Waals surface area (Å²) in [6.45, 7) is 12.8. The Hall–Kier alpha value is -2.78. The first-order valence-corrected chi connectivity index (χ1v) is 16.0. The van der Waals surface area contributed by atoms with E-state index in [1.165, 1.54) is 21.5 Å². The van der Waals surface area contributed by atoms with E-state index in [9.17, 15) is 4.21 Å². The van der Waals surface area contributed by atoms with E-state index in [1.807, 2.05) is 32.1 Å². The zero-order valence-corrected chi connectivity index (χ0v) is 25.6. The first-order valence-electron chi connectivity index (χ1n) is 13.5. The summed E-state index contributed by atoms with van der Waals surface area (Å²) in [4.78, 5) is 0. The van der Waals surface area contributed by atoms with Crippen LogP contribution in [-0.2, 0) is 16.4 Å². The molecule has 0 amide bonds. The maximum Gasteiger partial charge on any atom is 0.139 e. The number of ether oxygens (including phenoxy) is 1. The van der Waals surface area contributed by atoms with Crippen molar-refractivity contribution in [3.8, 4) is 11.5 Å². The van der Waals surface area contributed by atoms with Crippen molar-refractivity contribution in [3.63, 3.8) is 0 Å². The quantitative estimate of drug-likeness (QED) is 0.233. The number of benzene rings is 4. The average Bonchev–Trinajstić information content (AvgIpc) is 2.93. The number of nitrogens with zero attached hydrogens (tertiary/aromatic N) is 1. The summed E-state index contributed by atoms with van der Waals surface area (Å²) in [6.07, 6.45) is 0. The van der Waals surface area contributed by atoms with Crippen molar-refractivity contribution in [2.24, 2.45) is 0 Å². The molecule has 2 atom stereocenters. The Morgan fingerprint density at radius 1 is 0.769 bits per heavy atom. The summed E-state index contributed by atoms with van der Waals surface area (Å²) in [5, 5.41) is 3.80. The van der Waals surface area contributed by atoms with E-state index < -0.39 is 18.9 Å². The molecule has 0 N–H and O–H groups in total. The summed E-state index contributed by atoms with van der Waals surface area (Å²) in [5.74, 6) is 1.84. The molecule has 39 heavy (non-hydrogen) atoms. The third-order valence-corrected chi connectivity index (χ3v) is 12.0. The molecule has 1 aliphatic rings. The predicted octanol–water partition coefficient (Wildman–Crippen LogP) is 7.33. The largest absolute Gasteiger partial charge is 0.456 e. The van der Waals surface area contributed by atoms with Crippen LogP contribution in [0, 0.1) is 0 Å². The lowest BCUT2D eigenvalue weighted by Crippen LogP contribution is -2.37. The monoisotopic (exact) mass is 555 g/mol. The number of hydrogen-bond acceptors (Lipinski definition) is 2. The zero-order valence-electron chi connectivity index (χ0n) is 23.9. The van der Waals surface area contributed by atoms with Crippen molar-refractivity contribution in [3.05, 3.63) is 114 Å². The molecule has 4 aromatic rings. The maximum atomic E-state index is 13.3. The highest BCUT2D eigenvalue weighted by Crippen LogP contribution is 2.52. The molecule has 0 fully saturated rings. The molecule has 0 bridgehead atoms. The maximum absolute atomic E-state index is 13.3. The first kappa shape index (κ1) is 27.8. The molecule has 202 valence electrons. The van der Waals surface area contributed by atoms with Crippen molar-refractivity contribution in [1.29, 1.82) is 0 Å². The smallest absolute Gasteiger partial charge is 0.139 e. The minimum absolute atomic E-state index is 0.0886. The summed E-state index contributed by atoms with van der Waals surface area (Å²) in [7, 11) is -0.0497. The molecule has 1 unspecified atom stereocenters. The van der Waals surface area contributed by atoms with Gasteiger partial charge in [0, 0.05) is 40.5 Å². The second-order valence-electron chi connectivity index (χ2n) is 11.7. The number of rotatable bonds is 6. The van der Waals surface area contributed by atoms with Crippen LogP contribution in [0.15, 0.2) is 97.1 Å². The standard InChI is InChI=1S/C34H38NO2PS/c1-24(35(7)39(36)33(2,3)4)27-20-14-21-28-31(27)37-32-29(34(28,5)6)22-15-23-30(32)38(25-16-10-8-11-17-25)26-18-12-9-13-19-26/h8-24H,1-7H3/t24-,39?/m1/s1. The third kappa shape index (κ3) is 5.11.